The molecule has 1 saturated heterocycles. The van der Waals surface area contributed by atoms with Crippen LogP contribution in [0.2, 0.25) is 0 Å². The van der Waals surface area contributed by atoms with Crippen LogP contribution in [0, 0.1) is 0 Å². The lowest BCUT2D eigenvalue weighted by Gasteiger charge is -2.22. The number of hydrogen-bond acceptors (Lipinski definition) is 3. The lowest BCUT2D eigenvalue weighted by Crippen LogP contribution is -2.46. The molecule has 5 nitrogen and oxygen atoms in total. The normalized spacial score (nSPS) is 18.6. The molecule has 1 aromatic carbocycles. The van der Waals surface area contributed by atoms with Crippen molar-refractivity contribution in [3.05, 3.63) is 22.7 Å². The fourth-order valence-electron chi connectivity index (χ4n) is 1.95. The van der Waals surface area contributed by atoms with Gasteiger partial charge in [0.1, 0.15) is 11.8 Å². The summed E-state index contributed by atoms with van der Waals surface area (Å²) in [4.78, 5) is 23.3. The molecule has 0 radical (unpaired) electrons. The van der Waals surface area contributed by atoms with Gasteiger partial charge in [-0.15, -0.1) is 0 Å². The Bertz CT molecular complexity index is 505. The minimum absolute atomic E-state index is 0.0693. The maximum absolute atomic E-state index is 12.0. The van der Waals surface area contributed by atoms with E-state index in [1.807, 2.05) is 0 Å². The van der Waals surface area contributed by atoms with Crippen LogP contribution in [-0.4, -0.2) is 25.0 Å². The van der Waals surface area contributed by atoms with Crippen molar-refractivity contribution in [2.45, 2.75) is 25.3 Å². The van der Waals surface area contributed by atoms with Crippen molar-refractivity contribution in [2.24, 2.45) is 0 Å². The number of methoxy groups -OCH3 is 1. The van der Waals surface area contributed by atoms with Crippen LogP contribution in [0.15, 0.2) is 22.7 Å². The fraction of sp³-hybridized carbons (Fsp3) is 0.385. The SMILES string of the molecule is COc1ccc(NC(=O)C2CCCC(=O)N2)c(Br)c1. The van der Waals surface area contributed by atoms with Crippen molar-refractivity contribution < 1.29 is 14.3 Å². The number of piperidine rings is 1. The molecule has 1 aliphatic rings. The Balaban J connectivity index is 2.04. The molecule has 1 unspecified atom stereocenters. The molecule has 1 atom stereocenters. The molecule has 1 heterocycles. The molecule has 1 aliphatic heterocycles. The van der Waals surface area contributed by atoms with Crippen LogP contribution >= 0.6 is 15.9 Å². The lowest BCUT2D eigenvalue weighted by atomic mass is 10.0. The molecule has 6 heteroatoms. The Morgan fingerprint density at radius 3 is 2.95 bits per heavy atom. The van der Waals surface area contributed by atoms with Crippen LogP contribution < -0.4 is 15.4 Å². The first-order chi connectivity index (χ1) is 9.10. The molecule has 0 saturated carbocycles. The molecule has 2 amide bonds. The van der Waals surface area contributed by atoms with E-state index in [9.17, 15) is 9.59 Å². The molecule has 102 valence electrons. The number of rotatable bonds is 3. The second-order valence-electron chi connectivity index (χ2n) is 4.35. The third-order valence-corrected chi connectivity index (χ3v) is 3.64. The van der Waals surface area contributed by atoms with Crippen molar-refractivity contribution in [1.29, 1.82) is 0 Å². The van der Waals surface area contributed by atoms with E-state index in [0.717, 1.165) is 10.9 Å². The molecule has 2 rings (SSSR count). The second kappa shape index (κ2) is 6.06. The number of hydrogen-bond donors (Lipinski definition) is 2. The smallest absolute Gasteiger partial charge is 0.246 e. The standard InChI is InChI=1S/C13H15BrN2O3/c1-19-8-5-6-10(9(14)7-8)16-13(18)11-3-2-4-12(17)15-11/h5-7,11H,2-4H2,1H3,(H,15,17)(H,16,18). The van der Waals surface area contributed by atoms with Crippen LogP contribution in [0.4, 0.5) is 5.69 Å². The topological polar surface area (TPSA) is 67.4 Å². The highest BCUT2D eigenvalue weighted by molar-refractivity contribution is 9.10. The van der Waals surface area contributed by atoms with Gasteiger partial charge >= 0.3 is 0 Å². The largest absolute Gasteiger partial charge is 0.497 e. The first-order valence-corrected chi connectivity index (χ1v) is 6.83. The highest BCUT2D eigenvalue weighted by Gasteiger charge is 2.24. The number of carbonyl (C=O) groups is 2. The fourth-order valence-corrected chi connectivity index (χ4v) is 2.40. The first-order valence-electron chi connectivity index (χ1n) is 6.04. The molecule has 1 aromatic rings. The van der Waals surface area contributed by atoms with E-state index in [1.54, 1.807) is 25.3 Å². The van der Waals surface area contributed by atoms with Crippen molar-refractivity contribution in [1.82, 2.24) is 5.32 Å². The lowest BCUT2D eigenvalue weighted by molar-refractivity contribution is -0.128. The Labute approximate surface area is 119 Å². The number of ether oxygens (including phenoxy) is 1. The van der Waals surface area contributed by atoms with E-state index in [0.29, 0.717) is 24.3 Å². The highest BCUT2D eigenvalue weighted by Crippen LogP contribution is 2.27. The summed E-state index contributed by atoms with van der Waals surface area (Å²) in [5, 5.41) is 5.48. The van der Waals surface area contributed by atoms with Gasteiger partial charge in [0.15, 0.2) is 0 Å². The Hall–Kier alpha value is -1.56. The van der Waals surface area contributed by atoms with Gasteiger partial charge < -0.3 is 15.4 Å². The number of anilines is 1. The Kier molecular flexibility index (Phi) is 4.42. The Morgan fingerprint density at radius 1 is 1.53 bits per heavy atom. The summed E-state index contributed by atoms with van der Waals surface area (Å²) in [5.74, 6) is 0.440. The van der Waals surface area contributed by atoms with Crippen molar-refractivity contribution in [3.63, 3.8) is 0 Å². The zero-order valence-corrected chi connectivity index (χ0v) is 12.1. The van der Waals surface area contributed by atoms with Gasteiger partial charge in [-0.25, -0.2) is 0 Å². The van der Waals surface area contributed by atoms with E-state index in [4.69, 9.17) is 4.74 Å². The predicted octanol–water partition coefficient (Wildman–Crippen LogP) is 2.06. The van der Waals surface area contributed by atoms with Gasteiger partial charge in [0, 0.05) is 10.9 Å². The molecular weight excluding hydrogens is 312 g/mol. The van der Waals surface area contributed by atoms with E-state index >= 15 is 0 Å². The first kappa shape index (κ1) is 13.9. The minimum atomic E-state index is -0.449. The number of amides is 2. The van der Waals surface area contributed by atoms with Gasteiger partial charge in [0.2, 0.25) is 11.8 Å². The summed E-state index contributed by atoms with van der Waals surface area (Å²) in [5.41, 5.74) is 0.658. The summed E-state index contributed by atoms with van der Waals surface area (Å²) in [6.45, 7) is 0. The second-order valence-corrected chi connectivity index (χ2v) is 5.20. The summed E-state index contributed by atoms with van der Waals surface area (Å²) < 4.78 is 5.82. The van der Waals surface area contributed by atoms with Crippen molar-refractivity contribution >= 4 is 33.4 Å². The maximum atomic E-state index is 12.0. The third-order valence-electron chi connectivity index (χ3n) is 2.98. The van der Waals surface area contributed by atoms with Crippen LogP contribution in [0.1, 0.15) is 19.3 Å². The molecule has 0 aromatic heterocycles. The predicted molar refractivity (Wildman–Crippen MR) is 75.1 cm³/mol. The minimum Gasteiger partial charge on any atom is -0.497 e. The molecule has 2 N–H and O–H groups in total. The van der Waals surface area contributed by atoms with Gasteiger partial charge in [-0.3, -0.25) is 9.59 Å². The van der Waals surface area contributed by atoms with E-state index < -0.39 is 6.04 Å². The van der Waals surface area contributed by atoms with Crippen molar-refractivity contribution in [2.75, 3.05) is 12.4 Å². The average Bonchev–Trinajstić information content (AvgIpc) is 2.41. The molecular formula is C13H15BrN2O3. The summed E-state index contributed by atoms with van der Waals surface area (Å²) in [7, 11) is 1.58. The molecule has 0 aliphatic carbocycles. The molecule has 0 spiro atoms. The van der Waals surface area contributed by atoms with Gasteiger partial charge in [0.25, 0.3) is 0 Å². The van der Waals surface area contributed by atoms with E-state index in [1.165, 1.54) is 0 Å². The van der Waals surface area contributed by atoms with Crippen LogP contribution in [0.5, 0.6) is 5.75 Å². The van der Waals surface area contributed by atoms with Gasteiger partial charge in [0.05, 0.1) is 12.8 Å². The quantitative estimate of drug-likeness (QED) is 0.893. The van der Waals surface area contributed by atoms with Gasteiger partial charge in [-0.05, 0) is 47.0 Å². The summed E-state index contributed by atoms with van der Waals surface area (Å²) in [6.07, 6.45) is 1.91. The van der Waals surface area contributed by atoms with Gasteiger partial charge in [-0.2, -0.15) is 0 Å². The third kappa shape index (κ3) is 3.47. The zero-order chi connectivity index (χ0) is 13.8. The Morgan fingerprint density at radius 2 is 2.32 bits per heavy atom. The summed E-state index contributed by atoms with van der Waals surface area (Å²) in [6, 6.07) is 4.84. The van der Waals surface area contributed by atoms with Gasteiger partial charge in [-0.1, -0.05) is 0 Å². The van der Waals surface area contributed by atoms with E-state index in [-0.39, 0.29) is 11.8 Å². The number of nitrogens with one attached hydrogen (secondary N) is 2. The van der Waals surface area contributed by atoms with Crippen LogP contribution in [0.25, 0.3) is 0 Å². The van der Waals surface area contributed by atoms with Crippen LogP contribution in [-0.2, 0) is 9.59 Å². The molecule has 19 heavy (non-hydrogen) atoms. The average molecular weight is 327 g/mol. The molecule has 0 bridgehead atoms. The molecule has 1 fully saturated rings. The summed E-state index contributed by atoms with van der Waals surface area (Å²) >= 11 is 3.37. The van der Waals surface area contributed by atoms with E-state index in [2.05, 4.69) is 26.6 Å². The maximum Gasteiger partial charge on any atom is 0.246 e. The number of halogens is 1. The number of carbonyl (C=O) groups excluding carboxylic acids is 2. The van der Waals surface area contributed by atoms with Crippen LogP contribution in [0.3, 0.4) is 0 Å². The van der Waals surface area contributed by atoms with Crippen molar-refractivity contribution in [3.8, 4) is 5.75 Å². The number of benzene rings is 1. The monoisotopic (exact) mass is 326 g/mol. The zero-order valence-electron chi connectivity index (χ0n) is 10.5. The highest BCUT2D eigenvalue weighted by atomic mass is 79.9.